The Labute approximate surface area is 330 Å². The Hall–Kier alpha value is -6.33. The van der Waals surface area contributed by atoms with Crippen molar-refractivity contribution in [2.75, 3.05) is 16.5 Å². The molecule has 5 heteroatoms. The molecule has 0 saturated carbocycles. The van der Waals surface area contributed by atoms with Crippen molar-refractivity contribution in [1.29, 1.82) is 0 Å². The number of ether oxygens (including phenoxy) is 1. The lowest BCUT2D eigenvalue weighted by Gasteiger charge is -2.28. The standard InChI is InChI=1S/C51H48N4O/c1-32-33(2)35(4)50(36(5)34(32)3)54-31-53(46-22-13-14-23-47(46)54)38-16-15-17-39(29-38)56-40-24-25-43-42-19-10-12-21-45(42)55(48(43)30-40)49-28-37(26-27-52-49)41-18-9-11-20-44(41)51(6,7)8/h9-30H,31H2,1-8H3. The van der Waals surface area contributed by atoms with Crippen LogP contribution in [0.15, 0.2) is 134 Å². The van der Waals surface area contributed by atoms with Gasteiger partial charge in [0.15, 0.2) is 0 Å². The van der Waals surface area contributed by atoms with Crippen LogP contribution in [0.3, 0.4) is 0 Å². The van der Waals surface area contributed by atoms with Gasteiger partial charge in [-0.05, 0) is 139 Å². The van der Waals surface area contributed by atoms with Crippen LogP contribution in [0.25, 0.3) is 38.8 Å². The molecule has 9 rings (SSSR count). The first kappa shape index (κ1) is 35.4. The van der Waals surface area contributed by atoms with Gasteiger partial charge in [-0.25, -0.2) is 4.98 Å². The minimum absolute atomic E-state index is 0.00534. The van der Waals surface area contributed by atoms with E-state index in [0.29, 0.717) is 6.67 Å². The summed E-state index contributed by atoms with van der Waals surface area (Å²) in [6.07, 6.45) is 1.93. The van der Waals surface area contributed by atoms with Crippen molar-refractivity contribution >= 4 is 44.6 Å². The van der Waals surface area contributed by atoms with Crippen LogP contribution in [-0.2, 0) is 5.41 Å². The van der Waals surface area contributed by atoms with Crippen molar-refractivity contribution < 1.29 is 4.74 Å². The molecule has 0 unspecified atom stereocenters. The number of pyridine rings is 1. The maximum absolute atomic E-state index is 6.73. The highest BCUT2D eigenvalue weighted by molar-refractivity contribution is 6.09. The van der Waals surface area contributed by atoms with Crippen molar-refractivity contribution in [1.82, 2.24) is 9.55 Å². The number of anilines is 4. The molecular weight excluding hydrogens is 685 g/mol. The summed E-state index contributed by atoms with van der Waals surface area (Å²) in [6, 6.07) is 45.2. The van der Waals surface area contributed by atoms with Crippen molar-refractivity contribution in [3.63, 3.8) is 0 Å². The van der Waals surface area contributed by atoms with E-state index >= 15 is 0 Å². The molecule has 0 atom stereocenters. The maximum Gasteiger partial charge on any atom is 0.138 e. The van der Waals surface area contributed by atoms with E-state index in [0.717, 1.165) is 45.0 Å². The monoisotopic (exact) mass is 732 g/mol. The Kier molecular flexibility index (Phi) is 8.50. The van der Waals surface area contributed by atoms with Crippen LogP contribution in [0.5, 0.6) is 11.5 Å². The topological polar surface area (TPSA) is 33.5 Å². The Balaban J connectivity index is 1.09. The third-order valence-corrected chi connectivity index (χ3v) is 12.0. The Morgan fingerprint density at radius 2 is 1.20 bits per heavy atom. The highest BCUT2D eigenvalue weighted by Crippen LogP contribution is 2.48. The quantitative estimate of drug-likeness (QED) is 0.170. The van der Waals surface area contributed by atoms with E-state index in [9.17, 15) is 0 Å². The molecule has 1 aliphatic rings. The summed E-state index contributed by atoms with van der Waals surface area (Å²) in [5.41, 5.74) is 17.4. The second kappa shape index (κ2) is 13.5. The molecule has 0 N–H and O–H groups in total. The summed E-state index contributed by atoms with van der Waals surface area (Å²) in [4.78, 5) is 9.82. The minimum Gasteiger partial charge on any atom is -0.457 e. The molecule has 5 nitrogen and oxygen atoms in total. The largest absolute Gasteiger partial charge is 0.457 e. The van der Waals surface area contributed by atoms with Crippen molar-refractivity contribution in [3.05, 3.63) is 167 Å². The van der Waals surface area contributed by atoms with Crippen LogP contribution in [-0.4, -0.2) is 16.2 Å². The van der Waals surface area contributed by atoms with Crippen LogP contribution < -0.4 is 14.5 Å². The maximum atomic E-state index is 6.73. The first-order valence-electron chi connectivity index (χ1n) is 19.6. The number of para-hydroxylation sites is 3. The number of nitrogens with zero attached hydrogens (tertiary/aromatic N) is 4. The normalized spacial score (nSPS) is 12.9. The minimum atomic E-state index is 0.00534. The predicted octanol–water partition coefficient (Wildman–Crippen LogP) is 13.7. The fraction of sp³-hybridized carbons (Fsp3) is 0.196. The first-order chi connectivity index (χ1) is 27.0. The molecule has 278 valence electrons. The molecule has 0 fully saturated rings. The van der Waals surface area contributed by atoms with Crippen LogP contribution in [0, 0.1) is 34.6 Å². The second-order valence-corrected chi connectivity index (χ2v) is 16.3. The number of rotatable bonds is 6. The van der Waals surface area contributed by atoms with Crippen molar-refractivity contribution in [2.45, 2.75) is 60.8 Å². The number of hydrogen-bond donors (Lipinski definition) is 0. The lowest BCUT2D eigenvalue weighted by Crippen LogP contribution is -2.25. The van der Waals surface area contributed by atoms with Gasteiger partial charge in [0, 0.05) is 40.5 Å². The summed E-state index contributed by atoms with van der Waals surface area (Å²) < 4.78 is 9.00. The van der Waals surface area contributed by atoms with Crippen LogP contribution >= 0.6 is 0 Å². The Bertz CT molecular complexity index is 2790. The van der Waals surface area contributed by atoms with Crippen molar-refractivity contribution in [3.8, 4) is 28.4 Å². The summed E-state index contributed by atoms with van der Waals surface area (Å²) in [5, 5.41) is 2.34. The third-order valence-electron chi connectivity index (χ3n) is 12.0. The van der Waals surface area contributed by atoms with Gasteiger partial charge in [-0.2, -0.15) is 0 Å². The zero-order valence-electron chi connectivity index (χ0n) is 33.6. The van der Waals surface area contributed by atoms with Gasteiger partial charge < -0.3 is 14.5 Å². The Morgan fingerprint density at radius 3 is 1.96 bits per heavy atom. The van der Waals surface area contributed by atoms with Crippen LogP contribution in [0.4, 0.5) is 22.7 Å². The molecule has 2 aromatic heterocycles. The smallest absolute Gasteiger partial charge is 0.138 e. The molecule has 56 heavy (non-hydrogen) atoms. The average Bonchev–Trinajstić information content (AvgIpc) is 3.75. The van der Waals surface area contributed by atoms with E-state index < -0.39 is 0 Å². The zero-order chi connectivity index (χ0) is 38.9. The van der Waals surface area contributed by atoms with Gasteiger partial charge in [-0.1, -0.05) is 81.4 Å². The molecule has 6 aromatic carbocycles. The molecule has 0 spiro atoms. The molecule has 0 aliphatic carbocycles. The SMILES string of the molecule is Cc1c(C)c(C)c(N2CN(c3cccc(Oc4ccc5c6ccccc6n(-c6cc(-c7ccccc7C(C)(C)C)ccn6)c5c4)c3)c3ccccc32)c(C)c1C. The summed E-state index contributed by atoms with van der Waals surface area (Å²) in [6.45, 7) is 18.8. The van der Waals surface area contributed by atoms with E-state index in [2.05, 4.69) is 191 Å². The van der Waals surface area contributed by atoms with E-state index in [4.69, 9.17) is 9.72 Å². The van der Waals surface area contributed by atoms with E-state index in [1.165, 1.54) is 61.4 Å². The summed E-state index contributed by atoms with van der Waals surface area (Å²) in [5.74, 6) is 2.43. The highest BCUT2D eigenvalue weighted by Gasteiger charge is 2.31. The van der Waals surface area contributed by atoms with E-state index in [-0.39, 0.29) is 5.41 Å². The van der Waals surface area contributed by atoms with Gasteiger partial charge in [0.05, 0.1) is 22.4 Å². The third kappa shape index (κ3) is 5.81. The number of hydrogen-bond acceptors (Lipinski definition) is 4. The van der Waals surface area contributed by atoms with Gasteiger partial charge in [0.25, 0.3) is 0 Å². The molecule has 0 radical (unpaired) electrons. The summed E-state index contributed by atoms with van der Waals surface area (Å²) >= 11 is 0. The van der Waals surface area contributed by atoms with Crippen LogP contribution in [0.2, 0.25) is 0 Å². The fourth-order valence-electron chi connectivity index (χ4n) is 8.72. The van der Waals surface area contributed by atoms with Gasteiger partial charge in [0.1, 0.15) is 24.0 Å². The molecule has 3 heterocycles. The lowest BCUT2D eigenvalue weighted by atomic mass is 9.82. The second-order valence-electron chi connectivity index (χ2n) is 16.3. The van der Waals surface area contributed by atoms with Crippen molar-refractivity contribution in [2.24, 2.45) is 0 Å². The van der Waals surface area contributed by atoms with Gasteiger partial charge in [0.2, 0.25) is 0 Å². The number of aromatic nitrogens is 2. The average molecular weight is 733 g/mol. The molecule has 0 amide bonds. The number of benzene rings is 6. The first-order valence-corrected chi connectivity index (χ1v) is 19.6. The summed E-state index contributed by atoms with van der Waals surface area (Å²) in [7, 11) is 0. The van der Waals surface area contributed by atoms with E-state index in [1.54, 1.807) is 0 Å². The highest BCUT2D eigenvalue weighted by atomic mass is 16.5. The van der Waals surface area contributed by atoms with Gasteiger partial charge >= 0.3 is 0 Å². The molecule has 8 aromatic rings. The molecule has 0 bridgehead atoms. The molecule has 0 saturated heterocycles. The van der Waals surface area contributed by atoms with Crippen LogP contribution in [0.1, 0.15) is 54.2 Å². The van der Waals surface area contributed by atoms with E-state index in [1.807, 2.05) is 12.3 Å². The lowest BCUT2D eigenvalue weighted by molar-refractivity contribution is 0.483. The molecule has 1 aliphatic heterocycles. The predicted molar refractivity (Wildman–Crippen MR) is 235 cm³/mol. The zero-order valence-corrected chi connectivity index (χ0v) is 33.6. The van der Waals surface area contributed by atoms with Gasteiger partial charge in [-0.15, -0.1) is 0 Å². The van der Waals surface area contributed by atoms with Gasteiger partial charge in [-0.3, -0.25) is 4.57 Å². The fourth-order valence-corrected chi connectivity index (χ4v) is 8.72. The Morgan fingerprint density at radius 1 is 0.554 bits per heavy atom. The molecular formula is C51H48N4O. The number of fused-ring (bicyclic) bond motifs is 4.